The number of carbonyl (C=O) groups excluding carboxylic acids is 1. The SMILES string of the molecule is CC(CO)n1cnnc1-c1cccc(NC(=O)c2ccc3c(c2)-n2c(cnc2F)CO3)n1. The Balaban J connectivity index is 1.42. The molecule has 1 aromatic carbocycles. The highest BCUT2D eigenvalue weighted by atomic mass is 19.1. The Morgan fingerprint density at radius 2 is 2.22 bits per heavy atom. The van der Waals surface area contributed by atoms with Crippen LogP contribution in [-0.2, 0) is 6.61 Å². The standard InChI is InChI=1S/C21H18FN7O3/c1-12(9-30)28-11-24-27-19(28)15-3-2-4-18(25-15)26-20(31)13-5-6-17-16(7-13)29-14(10-32-17)8-23-21(29)22/h2-8,11-12,30H,9-10H2,1H3,(H,25,26,31). The van der Waals surface area contributed by atoms with Crippen molar-refractivity contribution in [2.24, 2.45) is 0 Å². The van der Waals surface area contributed by atoms with Gasteiger partial charge in [-0.15, -0.1) is 10.2 Å². The number of amides is 1. The number of pyridine rings is 1. The average Bonchev–Trinajstić information content (AvgIpc) is 3.45. The zero-order valence-electron chi connectivity index (χ0n) is 16.9. The summed E-state index contributed by atoms with van der Waals surface area (Å²) >= 11 is 0. The van der Waals surface area contributed by atoms with Crippen LogP contribution >= 0.6 is 0 Å². The summed E-state index contributed by atoms with van der Waals surface area (Å²) in [7, 11) is 0. The fraction of sp³-hybridized carbons (Fsp3) is 0.190. The third-order valence-electron chi connectivity index (χ3n) is 5.16. The van der Waals surface area contributed by atoms with Crippen LogP contribution in [0, 0.1) is 6.08 Å². The van der Waals surface area contributed by atoms with E-state index in [2.05, 4.69) is 25.5 Å². The Kier molecular flexibility index (Phi) is 4.86. The van der Waals surface area contributed by atoms with Crippen LogP contribution in [-0.4, -0.2) is 46.9 Å². The van der Waals surface area contributed by atoms with E-state index in [1.54, 1.807) is 41.0 Å². The minimum absolute atomic E-state index is 0.0806. The van der Waals surface area contributed by atoms with E-state index >= 15 is 0 Å². The molecule has 1 aliphatic rings. The number of aromatic nitrogens is 6. The molecule has 0 radical (unpaired) electrons. The number of aliphatic hydroxyl groups is 1. The van der Waals surface area contributed by atoms with Gasteiger partial charge in [0.15, 0.2) is 5.82 Å². The van der Waals surface area contributed by atoms with Gasteiger partial charge in [0.2, 0.25) is 0 Å². The molecule has 0 spiro atoms. The van der Waals surface area contributed by atoms with Crippen molar-refractivity contribution < 1.29 is 19.0 Å². The first-order valence-corrected chi connectivity index (χ1v) is 9.83. The fourth-order valence-electron chi connectivity index (χ4n) is 3.48. The second-order valence-electron chi connectivity index (χ2n) is 7.28. The molecule has 1 amide bonds. The van der Waals surface area contributed by atoms with Crippen LogP contribution in [0.4, 0.5) is 10.2 Å². The number of hydrogen-bond donors (Lipinski definition) is 2. The predicted octanol–water partition coefficient (Wildman–Crippen LogP) is 2.36. The van der Waals surface area contributed by atoms with Gasteiger partial charge >= 0.3 is 0 Å². The maximum atomic E-state index is 14.1. The van der Waals surface area contributed by atoms with Crippen molar-refractivity contribution in [2.45, 2.75) is 19.6 Å². The van der Waals surface area contributed by atoms with Gasteiger partial charge in [0.05, 0.1) is 30.2 Å². The number of fused-ring (bicyclic) bond motifs is 3. The van der Waals surface area contributed by atoms with Crippen molar-refractivity contribution in [3.63, 3.8) is 0 Å². The number of halogens is 1. The van der Waals surface area contributed by atoms with E-state index in [4.69, 9.17) is 4.74 Å². The van der Waals surface area contributed by atoms with Crippen LogP contribution in [0.5, 0.6) is 5.75 Å². The van der Waals surface area contributed by atoms with Gasteiger partial charge in [-0.05, 0) is 37.3 Å². The van der Waals surface area contributed by atoms with E-state index in [0.717, 1.165) is 0 Å². The second-order valence-corrected chi connectivity index (χ2v) is 7.28. The number of benzene rings is 1. The van der Waals surface area contributed by atoms with Crippen LogP contribution in [0.15, 0.2) is 48.9 Å². The zero-order chi connectivity index (χ0) is 22.2. The molecule has 1 atom stereocenters. The molecule has 2 N–H and O–H groups in total. The minimum Gasteiger partial charge on any atom is -0.485 e. The van der Waals surface area contributed by atoms with Crippen molar-refractivity contribution >= 4 is 11.7 Å². The Labute approximate surface area is 181 Å². The normalized spacial score (nSPS) is 13.1. The van der Waals surface area contributed by atoms with Gasteiger partial charge in [0.25, 0.3) is 12.0 Å². The Bertz CT molecular complexity index is 1320. The lowest BCUT2D eigenvalue weighted by molar-refractivity contribution is 0.102. The topological polar surface area (TPSA) is 120 Å². The summed E-state index contributed by atoms with van der Waals surface area (Å²) in [4.78, 5) is 21.0. The van der Waals surface area contributed by atoms with Gasteiger partial charge in [0, 0.05) is 5.56 Å². The number of hydrogen-bond acceptors (Lipinski definition) is 7. The van der Waals surface area contributed by atoms with Gasteiger partial charge in [0.1, 0.15) is 30.2 Å². The highest BCUT2D eigenvalue weighted by molar-refractivity contribution is 6.04. The third kappa shape index (κ3) is 3.38. The molecule has 0 aliphatic carbocycles. The molecule has 3 aromatic heterocycles. The molecule has 10 nitrogen and oxygen atoms in total. The highest BCUT2D eigenvalue weighted by Crippen LogP contribution is 2.31. The summed E-state index contributed by atoms with van der Waals surface area (Å²) in [6, 6.07) is 9.64. The van der Waals surface area contributed by atoms with Crippen LogP contribution in [0.3, 0.4) is 0 Å². The molecule has 0 saturated carbocycles. The van der Waals surface area contributed by atoms with Gasteiger partial charge in [-0.3, -0.25) is 9.36 Å². The lowest BCUT2D eigenvalue weighted by Crippen LogP contribution is -2.17. The summed E-state index contributed by atoms with van der Waals surface area (Å²) in [6.07, 6.45) is 2.25. The van der Waals surface area contributed by atoms with Crippen molar-refractivity contribution in [3.05, 3.63) is 66.3 Å². The lowest BCUT2D eigenvalue weighted by Gasteiger charge is -2.20. The van der Waals surface area contributed by atoms with Crippen LogP contribution in [0.1, 0.15) is 29.0 Å². The molecular formula is C21H18FN7O3. The van der Waals surface area contributed by atoms with Crippen LogP contribution in [0.2, 0.25) is 0 Å². The first-order valence-electron chi connectivity index (χ1n) is 9.83. The molecule has 0 bridgehead atoms. The molecule has 4 heterocycles. The smallest absolute Gasteiger partial charge is 0.294 e. The van der Waals surface area contributed by atoms with Crippen molar-refractivity contribution in [3.8, 4) is 23.0 Å². The highest BCUT2D eigenvalue weighted by Gasteiger charge is 2.23. The average molecular weight is 435 g/mol. The molecule has 5 rings (SSSR count). The largest absolute Gasteiger partial charge is 0.485 e. The molecule has 0 saturated heterocycles. The summed E-state index contributed by atoms with van der Waals surface area (Å²) in [6.45, 7) is 1.95. The molecule has 0 fully saturated rings. The van der Waals surface area contributed by atoms with Gasteiger partial charge < -0.3 is 19.7 Å². The molecule has 4 aromatic rings. The Morgan fingerprint density at radius 1 is 1.34 bits per heavy atom. The van der Waals surface area contributed by atoms with E-state index in [9.17, 15) is 14.3 Å². The summed E-state index contributed by atoms with van der Waals surface area (Å²) in [5.41, 5.74) is 1.76. The van der Waals surface area contributed by atoms with E-state index in [0.29, 0.717) is 40.0 Å². The zero-order valence-corrected chi connectivity index (χ0v) is 16.9. The maximum absolute atomic E-state index is 14.1. The van der Waals surface area contributed by atoms with Crippen molar-refractivity contribution in [1.29, 1.82) is 0 Å². The summed E-state index contributed by atoms with van der Waals surface area (Å²) in [5, 5.41) is 20.1. The second kappa shape index (κ2) is 7.85. The number of ether oxygens (including phenoxy) is 1. The molecule has 162 valence electrons. The van der Waals surface area contributed by atoms with Gasteiger partial charge in [-0.2, -0.15) is 4.39 Å². The molecular weight excluding hydrogens is 417 g/mol. The predicted molar refractivity (Wildman–Crippen MR) is 111 cm³/mol. The van der Waals surface area contributed by atoms with Crippen LogP contribution < -0.4 is 10.1 Å². The Morgan fingerprint density at radius 3 is 3.06 bits per heavy atom. The molecule has 1 unspecified atom stereocenters. The van der Waals surface area contributed by atoms with Gasteiger partial charge in [-0.25, -0.2) is 9.97 Å². The van der Waals surface area contributed by atoms with E-state index in [1.807, 2.05) is 6.92 Å². The van der Waals surface area contributed by atoms with Crippen molar-refractivity contribution in [1.82, 2.24) is 29.3 Å². The van der Waals surface area contributed by atoms with Crippen molar-refractivity contribution in [2.75, 3.05) is 11.9 Å². The molecule has 32 heavy (non-hydrogen) atoms. The maximum Gasteiger partial charge on any atom is 0.294 e. The lowest BCUT2D eigenvalue weighted by atomic mass is 10.1. The molecule has 1 aliphatic heterocycles. The number of rotatable bonds is 5. The fourth-order valence-corrected chi connectivity index (χ4v) is 3.48. The number of aliphatic hydroxyl groups excluding tert-OH is 1. The minimum atomic E-state index is -0.669. The van der Waals surface area contributed by atoms with E-state index in [1.165, 1.54) is 17.1 Å². The molecule has 11 heteroatoms. The Hall–Kier alpha value is -4.12. The van der Waals surface area contributed by atoms with Crippen LogP contribution in [0.25, 0.3) is 17.2 Å². The van der Waals surface area contributed by atoms with E-state index < -0.39 is 12.0 Å². The summed E-state index contributed by atoms with van der Waals surface area (Å²) < 4.78 is 22.8. The first kappa shape index (κ1) is 19.8. The quantitative estimate of drug-likeness (QED) is 0.494. The van der Waals surface area contributed by atoms with E-state index in [-0.39, 0.29) is 19.3 Å². The number of nitrogens with one attached hydrogen (secondary N) is 1. The third-order valence-corrected chi connectivity index (χ3v) is 5.16. The monoisotopic (exact) mass is 435 g/mol. The number of nitrogens with zero attached hydrogens (tertiary/aromatic N) is 6. The number of anilines is 1. The summed E-state index contributed by atoms with van der Waals surface area (Å²) in [5.74, 6) is 0.817. The number of carbonyl (C=O) groups is 1. The first-order chi connectivity index (χ1) is 15.5. The number of imidazole rings is 1. The van der Waals surface area contributed by atoms with Gasteiger partial charge in [-0.1, -0.05) is 6.07 Å².